The van der Waals surface area contributed by atoms with Crippen LogP contribution in [0, 0.1) is 5.82 Å². The second-order valence-corrected chi connectivity index (χ2v) is 5.33. The second-order valence-electron chi connectivity index (χ2n) is 5.33. The van der Waals surface area contributed by atoms with Crippen molar-refractivity contribution in [1.82, 2.24) is 9.55 Å². The van der Waals surface area contributed by atoms with Gasteiger partial charge in [0, 0.05) is 5.69 Å². The van der Waals surface area contributed by atoms with Crippen molar-refractivity contribution in [2.75, 3.05) is 0 Å². The van der Waals surface area contributed by atoms with Gasteiger partial charge in [0.2, 0.25) is 5.88 Å². The standard InChI is InChI=1S/C18H12F4N2O3/c19-12-6-8-13(9-7-12)24-10-16(27-17(25)18(20,21)22)23-15(24)11-26-14-4-2-1-3-5-14/h1-10H,11H2. The fraction of sp³-hybridized carbons (Fsp3) is 0.111. The van der Waals surface area contributed by atoms with Gasteiger partial charge in [-0.1, -0.05) is 18.2 Å². The predicted octanol–water partition coefficient (Wildman–Crippen LogP) is 4.06. The monoisotopic (exact) mass is 380 g/mol. The Labute approximate surface area is 150 Å². The molecule has 0 spiro atoms. The molecule has 0 N–H and O–H groups in total. The number of carbonyl (C=O) groups is 1. The van der Waals surface area contributed by atoms with E-state index in [0.717, 1.165) is 6.20 Å². The van der Waals surface area contributed by atoms with Crippen LogP contribution >= 0.6 is 0 Å². The SMILES string of the molecule is O=C(Oc1cn(-c2ccc(F)cc2)c(COc2ccccc2)n1)C(F)(F)F. The molecule has 0 saturated carbocycles. The first-order valence-electron chi connectivity index (χ1n) is 7.64. The number of benzene rings is 2. The predicted molar refractivity (Wildman–Crippen MR) is 86.0 cm³/mol. The number of alkyl halides is 3. The Balaban J connectivity index is 1.88. The first kappa shape index (κ1) is 18.4. The molecule has 0 radical (unpaired) electrons. The van der Waals surface area contributed by atoms with Gasteiger partial charge in [0.15, 0.2) is 5.82 Å². The lowest BCUT2D eigenvalue weighted by molar-refractivity contribution is -0.189. The van der Waals surface area contributed by atoms with Crippen molar-refractivity contribution in [2.45, 2.75) is 12.8 Å². The van der Waals surface area contributed by atoms with E-state index in [2.05, 4.69) is 9.72 Å². The van der Waals surface area contributed by atoms with Crippen LogP contribution in [0.1, 0.15) is 5.82 Å². The van der Waals surface area contributed by atoms with Crippen molar-refractivity contribution in [3.8, 4) is 17.3 Å². The number of imidazole rings is 1. The van der Waals surface area contributed by atoms with Crippen molar-refractivity contribution in [3.63, 3.8) is 0 Å². The number of nitrogens with zero attached hydrogens (tertiary/aromatic N) is 2. The third-order valence-electron chi connectivity index (χ3n) is 3.40. The Hall–Kier alpha value is -3.36. The number of rotatable bonds is 5. The van der Waals surface area contributed by atoms with E-state index in [1.165, 1.54) is 28.8 Å². The number of esters is 1. The fourth-order valence-electron chi connectivity index (χ4n) is 2.19. The van der Waals surface area contributed by atoms with Gasteiger partial charge in [0.05, 0.1) is 6.20 Å². The average molecular weight is 380 g/mol. The van der Waals surface area contributed by atoms with Gasteiger partial charge in [-0.25, -0.2) is 9.18 Å². The summed E-state index contributed by atoms with van der Waals surface area (Å²) in [5.41, 5.74) is 0.407. The quantitative estimate of drug-likeness (QED) is 0.495. The van der Waals surface area contributed by atoms with Gasteiger partial charge in [-0.05, 0) is 36.4 Å². The highest BCUT2D eigenvalue weighted by Gasteiger charge is 2.42. The zero-order valence-corrected chi connectivity index (χ0v) is 13.6. The van der Waals surface area contributed by atoms with E-state index < -0.39 is 23.8 Å². The largest absolute Gasteiger partial charge is 0.491 e. The molecule has 27 heavy (non-hydrogen) atoms. The Kier molecular flexibility index (Phi) is 5.11. The summed E-state index contributed by atoms with van der Waals surface area (Å²) in [7, 11) is 0. The summed E-state index contributed by atoms with van der Waals surface area (Å²) in [6.07, 6.45) is -4.05. The minimum Gasteiger partial charge on any atom is -0.486 e. The zero-order valence-electron chi connectivity index (χ0n) is 13.6. The highest BCUT2D eigenvalue weighted by atomic mass is 19.4. The van der Waals surface area contributed by atoms with Crippen LogP contribution in [0.25, 0.3) is 5.69 Å². The lowest BCUT2D eigenvalue weighted by Gasteiger charge is -2.09. The molecule has 0 aliphatic heterocycles. The van der Waals surface area contributed by atoms with Crippen LogP contribution in [0.3, 0.4) is 0 Å². The van der Waals surface area contributed by atoms with E-state index in [0.29, 0.717) is 11.4 Å². The van der Waals surface area contributed by atoms with Gasteiger partial charge in [-0.3, -0.25) is 4.57 Å². The van der Waals surface area contributed by atoms with Gasteiger partial charge < -0.3 is 9.47 Å². The van der Waals surface area contributed by atoms with Gasteiger partial charge in [0.25, 0.3) is 0 Å². The molecule has 0 atom stereocenters. The number of aromatic nitrogens is 2. The number of hydrogen-bond acceptors (Lipinski definition) is 4. The highest BCUT2D eigenvalue weighted by Crippen LogP contribution is 2.23. The van der Waals surface area contributed by atoms with Crippen molar-refractivity contribution in [1.29, 1.82) is 0 Å². The summed E-state index contributed by atoms with van der Waals surface area (Å²) >= 11 is 0. The van der Waals surface area contributed by atoms with E-state index in [-0.39, 0.29) is 12.4 Å². The van der Waals surface area contributed by atoms with E-state index in [4.69, 9.17) is 4.74 Å². The maximum Gasteiger partial charge on any atom is 0.491 e. The molecular formula is C18H12F4N2O3. The summed E-state index contributed by atoms with van der Waals surface area (Å²) in [6.45, 7) is -0.120. The molecule has 5 nitrogen and oxygen atoms in total. The molecule has 0 unspecified atom stereocenters. The smallest absolute Gasteiger partial charge is 0.486 e. The second kappa shape index (κ2) is 7.48. The molecule has 140 valence electrons. The van der Waals surface area contributed by atoms with E-state index in [1.807, 2.05) is 0 Å². The van der Waals surface area contributed by atoms with Crippen LogP contribution < -0.4 is 9.47 Å². The molecular weight excluding hydrogens is 368 g/mol. The number of para-hydroxylation sites is 1. The van der Waals surface area contributed by atoms with Crippen LogP contribution in [0.5, 0.6) is 11.6 Å². The van der Waals surface area contributed by atoms with Crippen LogP contribution in [-0.2, 0) is 11.4 Å². The first-order chi connectivity index (χ1) is 12.8. The minimum absolute atomic E-state index is 0.120. The molecule has 2 aromatic carbocycles. The van der Waals surface area contributed by atoms with Crippen LogP contribution in [0.2, 0.25) is 0 Å². The summed E-state index contributed by atoms with van der Waals surface area (Å²) in [4.78, 5) is 14.9. The lowest BCUT2D eigenvalue weighted by Crippen LogP contribution is -2.28. The Morgan fingerprint density at radius 2 is 1.70 bits per heavy atom. The number of hydrogen-bond donors (Lipinski definition) is 0. The summed E-state index contributed by atoms with van der Waals surface area (Å²) in [5, 5.41) is 0. The van der Waals surface area contributed by atoms with Crippen LogP contribution in [-0.4, -0.2) is 21.7 Å². The highest BCUT2D eigenvalue weighted by molar-refractivity contribution is 5.77. The molecule has 3 aromatic rings. The number of ether oxygens (including phenoxy) is 2. The topological polar surface area (TPSA) is 53.4 Å². The van der Waals surface area contributed by atoms with Crippen molar-refractivity contribution < 1.29 is 31.8 Å². The van der Waals surface area contributed by atoms with E-state index >= 15 is 0 Å². The summed E-state index contributed by atoms with van der Waals surface area (Å²) in [5.74, 6) is -2.74. The number of halogens is 4. The van der Waals surface area contributed by atoms with Crippen LogP contribution in [0.4, 0.5) is 17.6 Å². The maximum absolute atomic E-state index is 13.1. The molecule has 0 fully saturated rings. The molecule has 0 saturated heterocycles. The molecule has 1 aromatic heterocycles. The molecule has 0 bridgehead atoms. The molecule has 9 heteroatoms. The Morgan fingerprint density at radius 3 is 2.33 bits per heavy atom. The number of carbonyl (C=O) groups excluding carboxylic acids is 1. The third kappa shape index (κ3) is 4.63. The van der Waals surface area contributed by atoms with Gasteiger partial charge in [-0.2, -0.15) is 18.2 Å². The Morgan fingerprint density at radius 1 is 1.04 bits per heavy atom. The van der Waals surface area contributed by atoms with E-state index in [1.54, 1.807) is 30.3 Å². The molecule has 0 aliphatic carbocycles. The molecule has 0 aliphatic rings. The minimum atomic E-state index is -5.15. The zero-order chi connectivity index (χ0) is 19.4. The van der Waals surface area contributed by atoms with Crippen molar-refractivity contribution in [2.24, 2.45) is 0 Å². The maximum atomic E-state index is 13.1. The van der Waals surface area contributed by atoms with Crippen molar-refractivity contribution >= 4 is 5.97 Å². The average Bonchev–Trinajstić information content (AvgIpc) is 3.03. The fourth-order valence-corrected chi connectivity index (χ4v) is 2.19. The van der Waals surface area contributed by atoms with Gasteiger partial charge in [-0.15, -0.1) is 0 Å². The van der Waals surface area contributed by atoms with E-state index in [9.17, 15) is 22.4 Å². The molecule has 3 rings (SSSR count). The molecule has 1 heterocycles. The van der Waals surface area contributed by atoms with Gasteiger partial charge >= 0.3 is 12.1 Å². The summed E-state index contributed by atoms with van der Waals surface area (Å²) < 4.78 is 61.5. The normalized spacial score (nSPS) is 11.3. The summed E-state index contributed by atoms with van der Waals surface area (Å²) in [6, 6.07) is 13.8. The van der Waals surface area contributed by atoms with Crippen LogP contribution in [0.15, 0.2) is 60.8 Å². The Bertz CT molecular complexity index is 922. The first-order valence-corrected chi connectivity index (χ1v) is 7.64. The third-order valence-corrected chi connectivity index (χ3v) is 3.40. The van der Waals surface area contributed by atoms with Crippen molar-refractivity contribution in [3.05, 3.63) is 72.4 Å². The lowest BCUT2D eigenvalue weighted by atomic mass is 10.3. The van der Waals surface area contributed by atoms with Gasteiger partial charge in [0.1, 0.15) is 18.2 Å². The molecule has 0 amide bonds.